The van der Waals surface area contributed by atoms with E-state index < -0.39 is 0 Å². The van der Waals surface area contributed by atoms with Gasteiger partial charge in [0, 0.05) is 47.9 Å². The predicted octanol–water partition coefficient (Wildman–Crippen LogP) is 6.61. The summed E-state index contributed by atoms with van der Waals surface area (Å²) in [7, 11) is 0. The van der Waals surface area contributed by atoms with Gasteiger partial charge in [-0.3, -0.25) is 9.69 Å². The van der Waals surface area contributed by atoms with Crippen molar-refractivity contribution in [1.29, 1.82) is 0 Å². The molecule has 1 aromatic heterocycles. The fraction of sp³-hybridized carbons (Fsp3) is 0.233. The zero-order chi connectivity index (χ0) is 24.9. The van der Waals surface area contributed by atoms with Crippen molar-refractivity contribution >= 4 is 27.9 Å². The van der Waals surface area contributed by atoms with Crippen LogP contribution in [0.25, 0.3) is 0 Å². The van der Waals surface area contributed by atoms with Crippen LogP contribution in [0.1, 0.15) is 39.3 Å². The van der Waals surface area contributed by atoms with E-state index in [2.05, 4.69) is 52.4 Å². The molecule has 4 aromatic rings. The highest BCUT2D eigenvalue weighted by Gasteiger charge is 2.30. The minimum absolute atomic E-state index is 0.0776. The summed E-state index contributed by atoms with van der Waals surface area (Å²) in [5.41, 5.74) is 3.96. The maximum Gasteiger partial charge on any atom is 0.256 e. The van der Waals surface area contributed by atoms with Crippen molar-refractivity contribution in [1.82, 2.24) is 4.90 Å². The molecule has 0 bridgehead atoms. The summed E-state index contributed by atoms with van der Waals surface area (Å²) < 4.78 is 13.9. The molecule has 1 atom stereocenters. The van der Waals surface area contributed by atoms with Crippen molar-refractivity contribution in [2.75, 3.05) is 36.4 Å². The van der Waals surface area contributed by atoms with Gasteiger partial charge >= 0.3 is 0 Å². The number of aryl methyl sites for hydroxylation is 1. The van der Waals surface area contributed by atoms with Crippen LogP contribution >= 0.6 is 11.3 Å². The van der Waals surface area contributed by atoms with E-state index in [9.17, 15) is 9.18 Å². The molecule has 0 radical (unpaired) electrons. The molecular weight excluding hydrogens is 469 g/mol. The third kappa shape index (κ3) is 5.35. The molecule has 0 spiro atoms. The van der Waals surface area contributed by atoms with Gasteiger partial charge in [-0.1, -0.05) is 55.5 Å². The molecule has 1 N–H and O–H groups in total. The van der Waals surface area contributed by atoms with Gasteiger partial charge in [-0.2, -0.15) is 0 Å². The topological polar surface area (TPSA) is 35.6 Å². The predicted molar refractivity (Wildman–Crippen MR) is 147 cm³/mol. The molecular formula is C30H30FN3OS. The number of nitrogens with one attached hydrogen (secondary N) is 1. The monoisotopic (exact) mass is 499 g/mol. The SMILES string of the molecule is CCc1cc([C@H](c2ccc(F)cc2)N2CCN(c3ccccc3)CC2)c(NC(=O)c2ccccc2)s1. The first-order valence-electron chi connectivity index (χ1n) is 12.4. The Morgan fingerprint density at radius 2 is 1.56 bits per heavy atom. The van der Waals surface area contributed by atoms with Crippen molar-refractivity contribution < 1.29 is 9.18 Å². The number of para-hydroxylation sites is 1. The zero-order valence-corrected chi connectivity index (χ0v) is 21.2. The molecule has 5 rings (SSSR count). The smallest absolute Gasteiger partial charge is 0.256 e. The molecule has 1 fully saturated rings. The standard InChI is InChI=1S/C30H30FN3OS/c1-2-26-21-27(30(36-26)32-29(35)23-9-5-3-6-10-23)28(22-13-15-24(31)16-14-22)34-19-17-33(18-20-34)25-11-7-4-8-12-25/h3-16,21,28H,2,17-20H2,1H3,(H,32,35)/t28-/m0/s1. The lowest BCUT2D eigenvalue weighted by molar-refractivity contribution is 0.102. The van der Waals surface area contributed by atoms with Crippen LogP contribution in [-0.4, -0.2) is 37.0 Å². The second kappa shape index (κ2) is 11.1. The highest BCUT2D eigenvalue weighted by molar-refractivity contribution is 7.16. The second-order valence-corrected chi connectivity index (χ2v) is 10.1. The highest BCUT2D eigenvalue weighted by Crippen LogP contribution is 2.40. The number of piperazine rings is 1. The number of amides is 1. The fourth-order valence-corrected chi connectivity index (χ4v) is 5.83. The molecule has 4 nitrogen and oxygen atoms in total. The van der Waals surface area contributed by atoms with Gasteiger partial charge in [0.2, 0.25) is 0 Å². The highest BCUT2D eigenvalue weighted by atomic mass is 32.1. The first kappa shape index (κ1) is 24.2. The molecule has 184 valence electrons. The number of thiophene rings is 1. The number of hydrogen-bond donors (Lipinski definition) is 1. The van der Waals surface area contributed by atoms with Gasteiger partial charge in [0.25, 0.3) is 5.91 Å². The number of hydrogen-bond acceptors (Lipinski definition) is 4. The van der Waals surface area contributed by atoms with E-state index in [1.165, 1.54) is 22.7 Å². The minimum atomic E-state index is -0.247. The largest absolute Gasteiger partial charge is 0.369 e. The molecule has 1 saturated heterocycles. The molecule has 0 saturated carbocycles. The molecule has 36 heavy (non-hydrogen) atoms. The van der Waals surface area contributed by atoms with Crippen molar-refractivity contribution in [2.45, 2.75) is 19.4 Å². The Balaban J connectivity index is 1.47. The van der Waals surface area contributed by atoms with E-state index in [1.807, 2.05) is 48.5 Å². The molecule has 1 aliphatic rings. The molecule has 6 heteroatoms. The van der Waals surface area contributed by atoms with Crippen LogP contribution in [-0.2, 0) is 6.42 Å². The molecule has 2 heterocycles. The van der Waals surface area contributed by atoms with Gasteiger partial charge in [-0.25, -0.2) is 4.39 Å². The summed E-state index contributed by atoms with van der Waals surface area (Å²) in [4.78, 5) is 19.1. The summed E-state index contributed by atoms with van der Waals surface area (Å²) >= 11 is 1.63. The van der Waals surface area contributed by atoms with E-state index in [4.69, 9.17) is 0 Å². The van der Waals surface area contributed by atoms with Crippen molar-refractivity contribution in [3.05, 3.63) is 118 Å². The van der Waals surface area contributed by atoms with E-state index in [0.29, 0.717) is 5.56 Å². The van der Waals surface area contributed by atoms with Crippen LogP contribution in [0.4, 0.5) is 15.1 Å². The van der Waals surface area contributed by atoms with Crippen LogP contribution in [0.2, 0.25) is 0 Å². The summed E-state index contributed by atoms with van der Waals surface area (Å²) in [5, 5.41) is 4.05. The quantitative estimate of drug-likeness (QED) is 0.311. The van der Waals surface area contributed by atoms with Gasteiger partial charge in [-0.15, -0.1) is 11.3 Å². The fourth-order valence-electron chi connectivity index (χ4n) is 4.81. The Labute approximate surface area is 216 Å². The maximum absolute atomic E-state index is 13.9. The van der Waals surface area contributed by atoms with Crippen molar-refractivity contribution in [2.24, 2.45) is 0 Å². The first-order chi connectivity index (χ1) is 17.6. The Bertz CT molecular complexity index is 1280. The number of anilines is 2. The average Bonchev–Trinajstić information content (AvgIpc) is 3.33. The number of carbonyl (C=O) groups excluding carboxylic acids is 1. The van der Waals surface area contributed by atoms with Crippen LogP contribution in [0, 0.1) is 5.82 Å². The molecule has 0 unspecified atom stereocenters. The van der Waals surface area contributed by atoms with E-state index in [-0.39, 0.29) is 17.8 Å². The van der Waals surface area contributed by atoms with E-state index in [0.717, 1.165) is 48.7 Å². The normalized spacial score (nSPS) is 15.0. The van der Waals surface area contributed by atoms with Gasteiger partial charge in [0.1, 0.15) is 10.8 Å². The Kier molecular flexibility index (Phi) is 7.44. The lowest BCUT2D eigenvalue weighted by atomic mass is 9.97. The number of carbonyl (C=O) groups is 1. The number of halogens is 1. The van der Waals surface area contributed by atoms with Gasteiger partial charge in [0.15, 0.2) is 0 Å². The van der Waals surface area contributed by atoms with Crippen LogP contribution in [0.5, 0.6) is 0 Å². The minimum Gasteiger partial charge on any atom is -0.369 e. The Morgan fingerprint density at radius 1 is 0.917 bits per heavy atom. The van der Waals surface area contributed by atoms with Crippen LogP contribution < -0.4 is 10.2 Å². The van der Waals surface area contributed by atoms with E-state index >= 15 is 0 Å². The summed E-state index contributed by atoms with van der Waals surface area (Å²) in [6.07, 6.45) is 0.886. The third-order valence-corrected chi connectivity index (χ3v) is 7.92. The summed E-state index contributed by atoms with van der Waals surface area (Å²) in [6, 6.07) is 28.7. The molecule has 1 amide bonds. The Hall–Kier alpha value is -3.48. The van der Waals surface area contributed by atoms with Gasteiger partial charge < -0.3 is 10.2 Å². The first-order valence-corrected chi connectivity index (χ1v) is 13.2. The molecule has 1 aliphatic heterocycles. The summed E-state index contributed by atoms with van der Waals surface area (Å²) in [5.74, 6) is -0.364. The Morgan fingerprint density at radius 3 is 2.19 bits per heavy atom. The van der Waals surface area contributed by atoms with Crippen molar-refractivity contribution in [3.63, 3.8) is 0 Å². The number of rotatable bonds is 7. The zero-order valence-electron chi connectivity index (χ0n) is 20.4. The molecule has 3 aromatic carbocycles. The average molecular weight is 500 g/mol. The van der Waals surface area contributed by atoms with Crippen LogP contribution in [0.3, 0.4) is 0 Å². The van der Waals surface area contributed by atoms with Crippen molar-refractivity contribution in [3.8, 4) is 0 Å². The van der Waals surface area contributed by atoms with E-state index in [1.54, 1.807) is 11.3 Å². The van der Waals surface area contributed by atoms with Gasteiger partial charge in [0.05, 0.1) is 6.04 Å². The number of nitrogens with zero attached hydrogens (tertiary/aromatic N) is 2. The lowest BCUT2D eigenvalue weighted by Gasteiger charge is -2.40. The third-order valence-electron chi connectivity index (χ3n) is 6.70. The summed E-state index contributed by atoms with van der Waals surface area (Å²) in [6.45, 7) is 5.65. The maximum atomic E-state index is 13.9. The number of benzene rings is 3. The lowest BCUT2D eigenvalue weighted by Crippen LogP contribution is -2.48. The molecule has 0 aliphatic carbocycles. The van der Waals surface area contributed by atoms with Gasteiger partial charge in [-0.05, 0) is 54.4 Å². The van der Waals surface area contributed by atoms with Crippen LogP contribution in [0.15, 0.2) is 91.0 Å². The second-order valence-electron chi connectivity index (χ2n) is 8.98.